The van der Waals surface area contributed by atoms with Gasteiger partial charge in [0.2, 0.25) is 0 Å². The van der Waals surface area contributed by atoms with Crippen LogP contribution in [0.4, 0.5) is 0 Å². The first-order valence-corrected chi connectivity index (χ1v) is 7.59. The van der Waals surface area contributed by atoms with Crippen LogP contribution in [-0.4, -0.2) is 42.5 Å². The summed E-state index contributed by atoms with van der Waals surface area (Å²) in [4.78, 5) is 4.97. The fourth-order valence-electron chi connectivity index (χ4n) is 3.04. The van der Waals surface area contributed by atoms with E-state index in [9.17, 15) is 0 Å². The van der Waals surface area contributed by atoms with E-state index in [4.69, 9.17) is 10.2 Å². The van der Waals surface area contributed by atoms with Crippen LogP contribution >= 0.6 is 0 Å². The SMILES string of the molecule is NCC(c1ccoc1)N1CCN(Cc2ccccc2)CC1. The molecule has 2 heterocycles. The fraction of sp³-hybridized carbons (Fsp3) is 0.412. The molecule has 21 heavy (non-hydrogen) atoms. The minimum absolute atomic E-state index is 0.280. The predicted molar refractivity (Wildman–Crippen MR) is 83.8 cm³/mol. The Kier molecular flexibility index (Phi) is 4.70. The molecule has 0 saturated carbocycles. The average Bonchev–Trinajstić information content (AvgIpc) is 3.05. The number of piperazine rings is 1. The van der Waals surface area contributed by atoms with Gasteiger partial charge in [-0.15, -0.1) is 0 Å². The van der Waals surface area contributed by atoms with Gasteiger partial charge in [0.25, 0.3) is 0 Å². The van der Waals surface area contributed by atoms with E-state index in [2.05, 4.69) is 40.1 Å². The molecule has 1 atom stereocenters. The highest BCUT2D eigenvalue weighted by Gasteiger charge is 2.24. The van der Waals surface area contributed by atoms with E-state index in [1.54, 1.807) is 6.26 Å². The number of benzene rings is 1. The molecule has 1 saturated heterocycles. The normalized spacial score (nSPS) is 18.7. The average molecular weight is 285 g/mol. The Morgan fingerprint density at radius 2 is 1.81 bits per heavy atom. The lowest BCUT2D eigenvalue weighted by Crippen LogP contribution is -2.48. The van der Waals surface area contributed by atoms with Crippen LogP contribution in [0.5, 0.6) is 0 Å². The van der Waals surface area contributed by atoms with Gasteiger partial charge in [0.1, 0.15) is 0 Å². The number of nitrogens with two attached hydrogens (primary N) is 1. The van der Waals surface area contributed by atoms with Gasteiger partial charge in [-0.25, -0.2) is 0 Å². The first-order valence-electron chi connectivity index (χ1n) is 7.59. The molecule has 0 amide bonds. The zero-order chi connectivity index (χ0) is 14.5. The summed E-state index contributed by atoms with van der Waals surface area (Å²) in [6, 6.07) is 13.0. The van der Waals surface area contributed by atoms with Gasteiger partial charge in [-0.2, -0.15) is 0 Å². The number of hydrogen-bond donors (Lipinski definition) is 1. The molecule has 0 radical (unpaired) electrons. The monoisotopic (exact) mass is 285 g/mol. The Bertz CT molecular complexity index is 518. The molecule has 2 aromatic rings. The van der Waals surface area contributed by atoms with Gasteiger partial charge >= 0.3 is 0 Å². The van der Waals surface area contributed by atoms with Crippen molar-refractivity contribution in [3.8, 4) is 0 Å². The van der Waals surface area contributed by atoms with Crippen LogP contribution in [-0.2, 0) is 6.54 Å². The topological polar surface area (TPSA) is 45.6 Å². The maximum Gasteiger partial charge on any atom is 0.0950 e. The maximum absolute atomic E-state index is 5.96. The number of rotatable bonds is 5. The van der Waals surface area contributed by atoms with Crippen molar-refractivity contribution in [2.24, 2.45) is 5.73 Å². The smallest absolute Gasteiger partial charge is 0.0950 e. The summed E-state index contributed by atoms with van der Waals surface area (Å²) in [5.74, 6) is 0. The van der Waals surface area contributed by atoms with E-state index < -0.39 is 0 Å². The van der Waals surface area contributed by atoms with Crippen LogP contribution in [0.3, 0.4) is 0 Å². The van der Waals surface area contributed by atoms with Crippen LogP contribution in [0.15, 0.2) is 53.3 Å². The molecule has 1 aromatic heterocycles. The van der Waals surface area contributed by atoms with Crippen molar-refractivity contribution >= 4 is 0 Å². The number of hydrogen-bond acceptors (Lipinski definition) is 4. The van der Waals surface area contributed by atoms with Gasteiger partial charge in [-0.05, 0) is 11.6 Å². The van der Waals surface area contributed by atoms with Gasteiger partial charge < -0.3 is 10.2 Å². The molecule has 1 aliphatic heterocycles. The largest absolute Gasteiger partial charge is 0.472 e. The molecule has 1 aliphatic rings. The second-order valence-corrected chi connectivity index (χ2v) is 5.61. The third-order valence-electron chi connectivity index (χ3n) is 4.25. The van der Waals surface area contributed by atoms with Crippen molar-refractivity contribution in [3.63, 3.8) is 0 Å². The number of furan rings is 1. The van der Waals surface area contributed by atoms with Crippen LogP contribution in [0.25, 0.3) is 0 Å². The van der Waals surface area contributed by atoms with Gasteiger partial charge in [0, 0.05) is 44.8 Å². The highest BCUT2D eigenvalue weighted by atomic mass is 16.3. The lowest BCUT2D eigenvalue weighted by atomic mass is 10.1. The molecule has 4 heteroatoms. The first-order chi connectivity index (χ1) is 10.4. The molecule has 2 N–H and O–H groups in total. The van der Waals surface area contributed by atoms with Gasteiger partial charge in [-0.1, -0.05) is 30.3 Å². The van der Waals surface area contributed by atoms with Crippen LogP contribution in [0.1, 0.15) is 17.2 Å². The lowest BCUT2D eigenvalue weighted by Gasteiger charge is -2.38. The van der Waals surface area contributed by atoms with Crippen LogP contribution in [0, 0.1) is 0 Å². The summed E-state index contributed by atoms with van der Waals surface area (Å²) >= 11 is 0. The van der Waals surface area contributed by atoms with Gasteiger partial charge in [-0.3, -0.25) is 9.80 Å². The van der Waals surface area contributed by atoms with Crippen molar-refractivity contribution in [1.29, 1.82) is 0 Å². The summed E-state index contributed by atoms with van der Waals surface area (Å²) in [5, 5.41) is 0. The molecule has 0 aliphatic carbocycles. The van der Waals surface area contributed by atoms with E-state index >= 15 is 0 Å². The second kappa shape index (κ2) is 6.89. The summed E-state index contributed by atoms with van der Waals surface area (Å²) in [6.45, 7) is 5.96. The Balaban J connectivity index is 1.55. The van der Waals surface area contributed by atoms with E-state index in [-0.39, 0.29) is 6.04 Å². The van der Waals surface area contributed by atoms with E-state index in [0.29, 0.717) is 6.54 Å². The number of nitrogens with zero attached hydrogens (tertiary/aromatic N) is 2. The Morgan fingerprint density at radius 3 is 2.43 bits per heavy atom. The summed E-state index contributed by atoms with van der Waals surface area (Å²) in [6.07, 6.45) is 3.54. The zero-order valence-electron chi connectivity index (χ0n) is 12.3. The highest BCUT2D eigenvalue weighted by Crippen LogP contribution is 2.22. The van der Waals surface area contributed by atoms with Crippen LogP contribution in [0.2, 0.25) is 0 Å². The summed E-state index contributed by atoms with van der Waals surface area (Å²) in [5.41, 5.74) is 8.53. The molecule has 1 aromatic carbocycles. The van der Waals surface area contributed by atoms with Crippen molar-refractivity contribution in [1.82, 2.24) is 9.80 Å². The summed E-state index contributed by atoms with van der Waals surface area (Å²) in [7, 11) is 0. The zero-order valence-corrected chi connectivity index (χ0v) is 12.3. The first kappa shape index (κ1) is 14.3. The molecule has 1 unspecified atom stereocenters. The van der Waals surface area contributed by atoms with Gasteiger partial charge in [0.05, 0.1) is 18.6 Å². The minimum Gasteiger partial charge on any atom is -0.472 e. The van der Waals surface area contributed by atoms with Crippen LogP contribution < -0.4 is 5.73 Å². The van der Waals surface area contributed by atoms with Crippen molar-refractivity contribution in [3.05, 3.63) is 60.1 Å². The molecule has 112 valence electrons. The second-order valence-electron chi connectivity index (χ2n) is 5.61. The molecule has 0 spiro atoms. The molecule has 3 rings (SSSR count). The van der Waals surface area contributed by atoms with Crippen molar-refractivity contribution < 1.29 is 4.42 Å². The van der Waals surface area contributed by atoms with E-state index in [0.717, 1.165) is 32.7 Å². The maximum atomic E-state index is 5.96. The standard InChI is InChI=1S/C17H23N3O/c18-12-17(16-6-11-21-14-16)20-9-7-19(8-10-20)13-15-4-2-1-3-5-15/h1-6,11,14,17H,7-10,12-13,18H2. The Hall–Kier alpha value is -1.62. The third-order valence-corrected chi connectivity index (χ3v) is 4.25. The molecule has 1 fully saturated rings. The Labute approximate surface area is 126 Å². The minimum atomic E-state index is 0.280. The third kappa shape index (κ3) is 3.53. The van der Waals surface area contributed by atoms with E-state index in [1.165, 1.54) is 11.1 Å². The molecule has 0 bridgehead atoms. The molecular weight excluding hydrogens is 262 g/mol. The van der Waals surface area contributed by atoms with E-state index in [1.807, 2.05) is 12.3 Å². The van der Waals surface area contributed by atoms with Gasteiger partial charge in [0.15, 0.2) is 0 Å². The van der Waals surface area contributed by atoms with Crippen molar-refractivity contribution in [2.45, 2.75) is 12.6 Å². The molecular formula is C17H23N3O. The quantitative estimate of drug-likeness (QED) is 0.914. The predicted octanol–water partition coefficient (Wildman–Crippen LogP) is 2.10. The Morgan fingerprint density at radius 1 is 1.05 bits per heavy atom. The van der Waals surface area contributed by atoms with Crippen molar-refractivity contribution in [2.75, 3.05) is 32.7 Å². The lowest BCUT2D eigenvalue weighted by molar-refractivity contribution is 0.0939. The summed E-state index contributed by atoms with van der Waals surface area (Å²) < 4.78 is 5.20. The molecule has 4 nitrogen and oxygen atoms in total. The fourth-order valence-corrected chi connectivity index (χ4v) is 3.04. The highest BCUT2D eigenvalue weighted by molar-refractivity contribution is 5.15.